The van der Waals surface area contributed by atoms with Gasteiger partial charge in [-0.3, -0.25) is 4.79 Å². The summed E-state index contributed by atoms with van der Waals surface area (Å²) < 4.78 is 5.42. The van der Waals surface area contributed by atoms with Gasteiger partial charge in [0.1, 0.15) is 6.10 Å². The summed E-state index contributed by atoms with van der Waals surface area (Å²) in [6.45, 7) is 5.94. The Morgan fingerprint density at radius 2 is 2.11 bits per heavy atom. The molecule has 3 heteroatoms. The number of aliphatic hydroxyl groups excluding tert-OH is 1. The van der Waals surface area contributed by atoms with E-state index in [2.05, 4.69) is 13.0 Å². The van der Waals surface area contributed by atoms with Crippen LogP contribution in [0, 0.1) is 11.8 Å². The molecule has 0 aromatic rings. The van der Waals surface area contributed by atoms with Crippen LogP contribution in [0.3, 0.4) is 0 Å². The van der Waals surface area contributed by atoms with Gasteiger partial charge in [-0.05, 0) is 44.8 Å². The molecule has 18 heavy (non-hydrogen) atoms. The van der Waals surface area contributed by atoms with Crippen molar-refractivity contribution in [2.45, 2.75) is 52.2 Å². The van der Waals surface area contributed by atoms with Crippen molar-refractivity contribution in [3.8, 4) is 0 Å². The number of allylic oxidation sites excluding steroid dienone is 1. The van der Waals surface area contributed by atoms with Crippen LogP contribution in [0.2, 0.25) is 0 Å². The van der Waals surface area contributed by atoms with Gasteiger partial charge in [0.25, 0.3) is 0 Å². The molecule has 1 N–H and O–H groups in total. The fourth-order valence-corrected chi connectivity index (χ4v) is 2.73. The minimum atomic E-state index is -0.465. The molecule has 4 atom stereocenters. The Morgan fingerprint density at radius 1 is 1.39 bits per heavy atom. The van der Waals surface area contributed by atoms with Crippen LogP contribution in [0.4, 0.5) is 0 Å². The van der Waals surface area contributed by atoms with Crippen molar-refractivity contribution in [1.82, 2.24) is 0 Å². The molecule has 3 nitrogen and oxygen atoms in total. The molecule has 0 unspecified atom stereocenters. The monoisotopic (exact) mass is 250 g/mol. The van der Waals surface area contributed by atoms with Crippen LogP contribution in [0.15, 0.2) is 23.3 Å². The SMILES string of the molecule is C/C1=C/[C@H]2OC(=O)[C@H](C)[C@@H]2CC/C(C)=C/C[C@@H]1O. The molecule has 100 valence electrons. The second-order valence-corrected chi connectivity index (χ2v) is 5.61. The van der Waals surface area contributed by atoms with E-state index >= 15 is 0 Å². The van der Waals surface area contributed by atoms with Crippen molar-refractivity contribution in [3.63, 3.8) is 0 Å². The Kier molecular flexibility index (Phi) is 3.91. The fourth-order valence-electron chi connectivity index (χ4n) is 2.73. The molecule has 1 aliphatic heterocycles. The molecule has 1 aliphatic carbocycles. The number of hydrogen-bond donors (Lipinski definition) is 1. The van der Waals surface area contributed by atoms with Gasteiger partial charge in [-0.25, -0.2) is 0 Å². The molecule has 0 spiro atoms. The smallest absolute Gasteiger partial charge is 0.309 e. The first-order valence-corrected chi connectivity index (χ1v) is 6.71. The minimum absolute atomic E-state index is 0.0385. The highest BCUT2D eigenvalue weighted by Gasteiger charge is 2.40. The van der Waals surface area contributed by atoms with Gasteiger partial charge < -0.3 is 9.84 Å². The molecule has 0 aromatic heterocycles. The highest BCUT2D eigenvalue weighted by molar-refractivity contribution is 5.75. The standard InChI is InChI=1S/C15H22O3/c1-9-4-6-12-11(3)15(17)18-14(12)8-10(2)13(16)7-5-9/h5,8,11-14,16H,4,6-7H2,1-3H3/b9-5+,10-8-/t11-,12+,13+,14-/m1/s1. The van der Waals surface area contributed by atoms with Gasteiger partial charge in [0, 0.05) is 5.92 Å². The number of fused-ring (bicyclic) bond motifs is 1. The average Bonchev–Trinajstić information content (AvgIpc) is 2.59. The van der Waals surface area contributed by atoms with E-state index in [-0.39, 0.29) is 23.9 Å². The highest BCUT2D eigenvalue weighted by atomic mass is 16.6. The normalized spacial score (nSPS) is 43.2. The zero-order chi connectivity index (χ0) is 13.3. The number of esters is 1. The van der Waals surface area contributed by atoms with Crippen molar-refractivity contribution in [1.29, 1.82) is 0 Å². The van der Waals surface area contributed by atoms with E-state index in [1.165, 1.54) is 5.57 Å². The molecule has 0 saturated carbocycles. The summed E-state index contributed by atoms with van der Waals surface area (Å²) in [6, 6.07) is 0. The molecule has 0 aromatic carbocycles. The lowest BCUT2D eigenvalue weighted by Crippen LogP contribution is -2.20. The Morgan fingerprint density at radius 3 is 2.83 bits per heavy atom. The lowest BCUT2D eigenvalue weighted by atomic mass is 9.84. The third-order valence-corrected chi connectivity index (χ3v) is 4.20. The van der Waals surface area contributed by atoms with E-state index < -0.39 is 6.10 Å². The largest absolute Gasteiger partial charge is 0.458 e. The fraction of sp³-hybridized carbons (Fsp3) is 0.667. The van der Waals surface area contributed by atoms with Crippen molar-refractivity contribution in [2.24, 2.45) is 11.8 Å². The van der Waals surface area contributed by atoms with E-state index in [1.807, 2.05) is 19.9 Å². The molecular weight excluding hydrogens is 228 g/mol. The van der Waals surface area contributed by atoms with Crippen molar-refractivity contribution >= 4 is 5.97 Å². The first-order chi connectivity index (χ1) is 8.49. The number of hydrogen-bond acceptors (Lipinski definition) is 3. The number of rotatable bonds is 0. The number of ether oxygens (including phenoxy) is 1. The lowest BCUT2D eigenvalue weighted by molar-refractivity contribution is -0.142. The average molecular weight is 250 g/mol. The first-order valence-electron chi connectivity index (χ1n) is 6.71. The summed E-state index contributed by atoms with van der Waals surface area (Å²) in [7, 11) is 0. The molecule has 2 rings (SSSR count). The molecular formula is C15H22O3. The van der Waals surface area contributed by atoms with Crippen LogP contribution < -0.4 is 0 Å². The Bertz CT molecular complexity index is 395. The topological polar surface area (TPSA) is 46.5 Å². The zero-order valence-electron chi connectivity index (χ0n) is 11.3. The van der Waals surface area contributed by atoms with E-state index in [1.54, 1.807) is 0 Å². The second-order valence-electron chi connectivity index (χ2n) is 5.61. The van der Waals surface area contributed by atoms with Gasteiger partial charge in [-0.2, -0.15) is 0 Å². The lowest BCUT2D eigenvalue weighted by Gasteiger charge is -2.20. The van der Waals surface area contributed by atoms with Crippen LogP contribution >= 0.6 is 0 Å². The van der Waals surface area contributed by atoms with Gasteiger partial charge in [-0.1, -0.05) is 18.6 Å². The number of aliphatic hydroxyl groups is 1. The third-order valence-electron chi connectivity index (χ3n) is 4.20. The maximum atomic E-state index is 11.7. The van der Waals surface area contributed by atoms with Gasteiger partial charge in [-0.15, -0.1) is 0 Å². The van der Waals surface area contributed by atoms with Gasteiger partial charge >= 0.3 is 5.97 Å². The Labute approximate surface area is 109 Å². The summed E-state index contributed by atoms with van der Waals surface area (Å²) in [6.07, 6.45) is 6.01. The summed E-state index contributed by atoms with van der Waals surface area (Å²) >= 11 is 0. The van der Waals surface area contributed by atoms with Crippen molar-refractivity contribution < 1.29 is 14.6 Å². The summed E-state index contributed by atoms with van der Waals surface area (Å²) in [5.41, 5.74) is 2.19. The Hall–Kier alpha value is -1.09. The van der Waals surface area contributed by atoms with Crippen LogP contribution in [-0.2, 0) is 9.53 Å². The van der Waals surface area contributed by atoms with Gasteiger partial charge in [0.05, 0.1) is 12.0 Å². The Balaban J connectivity index is 2.26. The van der Waals surface area contributed by atoms with E-state index in [9.17, 15) is 9.90 Å². The van der Waals surface area contributed by atoms with E-state index in [4.69, 9.17) is 4.74 Å². The first kappa shape index (κ1) is 13.3. The zero-order valence-corrected chi connectivity index (χ0v) is 11.3. The molecule has 0 bridgehead atoms. The van der Waals surface area contributed by atoms with Crippen LogP contribution in [0.1, 0.15) is 40.0 Å². The molecule has 2 aliphatic rings. The predicted octanol–water partition coefficient (Wildman–Crippen LogP) is 2.60. The highest BCUT2D eigenvalue weighted by Crippen LogP contribution is 2.35. The van der Waals surface area contributed by atoms with Crippen molar-refractivity contribution in [3.05, 3.63) is 23.3 Å². The van der Waals surface area contributed by atoms with Crippen molar-refractivity contribution in [2.75, 3.05) is 0 Å². The van der Waals surface area contributed by atoms with Crippen LogP contribution in [0.5, 0.6) is 0 Å². The summed E-state index contributed by atoms with van der Waals surface area (Å²) in [5.74, 6) is 0.0916. The van der Waals surface area contributed by atoms with Gasteiger partial charge in [0.2, 0.25) is 0 Å². The summed E-state index contributed by atoms with van der Waals surface area (Å²) in [5, 5.41) is 10.0. The maximum Gasteiger partial charge on any atom is 0.309 e. The molecule has 1 heterocycles. The molecule has 1 fully saturated rings. The quantitative estimate of drug-likeness (QED) is 0.531. The number of carbonyl (C=O) groups is 1. The second kappa shape index (κ2) is 5.27. The van der Waals surface area contributed by atoms with E-state index in [0.29, 0.717) is 6.42 Å². The third kappa shape index (κ3) is 2.66. The number of carbonyl (C=O) groups excluding carboxylic acids is 1. The van der Waals surface area contributed by atoms with Crippen LogP contribution in [0.25, 0.3) is 0 Å². The predicted molar refractivity (Wildman–Crippen MR) is 69.9 cm³/mol. The van der Waals surface area contributed by atoms with Gasteiger partial charge in [0.15, 0.2) is 0 Å². The van der Waals surface area contributed by atoms with E-state index in [0.717, 1.165) is 18.4 Å². The molecule has 0 radical (unpaired) electrons. The maximum absolute atomic E-state index is 11.7. The minimum Gasteiger partial charge on any atom is -0.458 e. The summed E-state index contributed by atoms with van der Waals surface area (Å²) in [4.78, 5) is 11.7. The van der Waals surface area contributed by atoms with Crippen LogP contribution in [-0.4, -0.2) is 23.3 Å². The molecule has 1 saturated heterocycles. The molecule has 0 amide bonds.